The maximum atomic E-state index is 11.7. The second-order valence-corrected chi connectivity index (χ2v) is 4.98. The largest absolute Gasteiger partial charge is 0.352 e. The third-order valence-corrected chi connectivity index (χ3v) is 4.11. The molecular formula is C11H19NOS. The van der Waals surface area contributed by atoms with Crippen molar-refractivity contribution in [1.82, 2.24) is 5.32 Å². The van der Waals surface area contributed by atoms with E-state index in [0.717, 1.165) is 18.6 Å². The van der Waals surface area contributed by atoms with Crippen molar-refractivity contribution in [2.75, 3.05) is 5.75 Å². The van der Waals surface area contributed by atoms with Crippen LogP contribution in [-0.2, 0) is 4.79 Å². The summed E-state index contributed by atoms with van der Waals surface area (Å²) in [6.07, 6.45) is 7.29. The van der Waals surface area contributed by atoms with Crippen LogP contribution in [0.2, 0.25) is 0 Å². The summed E-state index contributed by atoms with van der Waals surface area (Å²) in [4.78, 5) is 11.7. The molecule has 1 N–H and O–H groups in total. The first-order chi connectivity index (χ1) is 6.81. The highest BCUT2D eigenvalue weighted by Gasteiger charge is 2.31. The van der Waals surface area contributed by atoms with Gasteiger partial charge in [0.15, 0.2) is 0 Å². The summed E-state index contributed by atoms with van der Waals surface area (Å²) in [5.41, 5.74) is 0. The Kier molecular flexibility index (Phi) is 3.37. The number of hydrogen-bond donors (Lipinski definition) is 2. The number of amides is 1. The zero-order valence-corrected chi connectivity index (χ0v) is 9.43. The molecule has 3 heteroatoms. The summed E-state index contributed by atoms with van der Waals surface area (Å²) in [5, 5.41) is 3.16. The Morgan fingerprint density at radius 1 is 1.29 bits per heavy atom. The van der Waals surface area contributed by atoms with Crippen LogP contribution in [0.5, 0.6) is 0 Å². The van der Waals surface area contributed by atoms with Crippen LogP contribution in [0.3, 0.4) is 0 Å². The Bertz CT molecular complexity index is 211. The Balaban J connectivity index is 1.77. The topological polar surface area (TPSA) is 29.1 Å². The number of rotatable bonds is 4. The van der Waals surface area contributed by atoms with E-state index in [1.165, 1.54) is 25.7 Å². The van der Waals surface area contributed by atoms with Crippen LogP contribution in [0.15, 0.2) is 0 Å². The fourth-order valence-electron chi connectivity index (χ4n) is 2.13. The lowest BCUT2D eigenvalue weighted by atomic mass is 9.79. The van der Waals surface area contributed by atoms with Crippen molar-refractivity contribution in [2.45, 2.75) is 44.6 Å². The molecule has 2 aliphatic carbocycles. The first-order valence-corrected chi connectivity index (χ1v) is 6.35. The van der Waals surface area contributed by atoms with E-state index in [0.29, 0.717) is 17.9 Å². The maximum Gasteiger partial charge on any atom is 0.223 e. The summed E-state index contributed by atoms with van der Waals surface area (Å²) in [6, 6.07) is 0.334. The van der Waals surface area contributed by atoms with Crippen LogP contribution < -0.4 is 5.32 Å². The molecule has 2 saturated carbocycles. The highest BCUT2D eigenvalue weighted by Crippen LogP contribution is 2.31. The normalized spacial score (nSPS) is 24.9. The first-order valence-electron chi connectivity index (χ1n) is 5.72. The molecule has 2 aliphatic rings. The molecule has 1 atom stereocenters. The van der Waals surface area contributed by atoms with Crippen LogP contribution in [0.1, 0.15) is 38.5 Å². The van der Waals surface area contributed by atoms with Crippen LogP contribution in [0.25, 0.3) is 0 Å². The van der Waals surface area contributed by atoms with E-state index >= 15 is 0 Å². The van der Waals surface area contributed by atoms with E-state index in [4.69, 9.17) is 0 Å². The van der Waals surface area contributed by atoms with Gasteiger partial charge in [-0.15, -0.1) is 0 Å². The summed E-state index contributed by atoms with van der Waals surface area (Å²) in [5.74, 6) is 2.10. The number of nitrogens with one attached hydrogen (secondary N) is 1. The Labute approximate surface area is 91.2 Å². The molecular weight excluding hydrogens is 194 g/mol. The highest BCUT2D eigenvalue weighted by atomic mass is 32.1. The van der Waals surface area contributed by atoms with Crippen LogP contribution in [0.4, 0.5) is 0 Å². The van der Waals surface area contributed by atoms with Crippen LogP contribution >= 0.6 is 12.6 Å². The van der Waals surface area contributed by atoms with Crippen molar-refractivity contribution in [3.8, 4) is 0 Å². The van der Waals surface area contributed by atoms with Gasteiger partial charge < -0.3 is 5.32 Å². The van der Waals surface area contributed by atoms with Crippen molar-refractivity contribution in [2.24, 2.45) is 11.8 Å². The van der Waals surface area contributed by atoms with E-state index < -0.39 is 0 Å². The van der Waals surface area contributed by atoms with Gasteiger partial charge in [0.05, 0.1) is 0 Å². The molecule has 1 amide bonds. The minimum atomic E-state index is 0.280. The van der Waals surface area contributed by atoms with E-state index in [1.807, 2.05) is 0 Å². The van der Waals surface area contributed by atoms with Gasteiger partial charge in [-0.3, -0.25) is 4.79 Å². The zero-order chi connectivity index (χ0) is 9.97. The molecule has 1 unspecified atom stereocenters. The van der Waals surface area contributed by atoms with Gasteiger partial charge >= 0.3 is 0 Å². The first kappa shape index (κ1) is 10.3. The van der Waals surface area contributed by atoms with Crippen molar-refractivity contribution >= 4 is 18.5 Å². The lowest BCUT2D eigenvalue weighted by Crippen LogP contribution is -2.47. The number of carbonyl (C=O) groups is 1. The average Bonchev–Trinajstić information content (AvgIpc) is 1.96. The third kappa shape index (κ3) is 2.08. The summed E-state index contributed by atoms with van der Waals surface area (Å²) < 4.78 is 0. The van der Waals surface area contributed by atoms with Gasteiger partial charge in [-0.05, 0) is 31.6 Å². The van der Waals surface area contributed by atoms with Gasteiger partial charge in [0.2, 0.25) is 5.91 Å². The Morgan fingerprint density at radius 3 is 2.29 bits per heavy atom. The van der Waals surface area contributed by atoms with Gasteiger partial charge in [0.25, 0.3) is 0 Å². The fraction of sp³-hybridized carbons (Fsp3) is 0.909. The lowest BCUT2D eigenvalue weighted by Gasteiger charge is -2.35. The van der Waals surface area contributed by atoms with E-state index in [1.54, 1.807) is 0 Å². The van der Waals surface area contributed by atoms with Gasteiger partial charge in [-0.1, -0.05) is 12.8 Å². The van der Waals surface area contributed by atoms with E-state index in [9.17, 15) is 4.79 Å². The zero-order valence-electron chi connectivity index (χ0n) is 8.54. The van der Waals surface area contributed by atoms with Gasteiger partial charge in [-0.25, -0.2) is 0 Å². The van der Waals surface area contributed by atoms with E-state index in [-0.39, 0.29) is 5.91 Å². The molecule has 2 rings (SSSR count). The highest BCUT2D eigenvalue weighted by molar-refractivity contribution is 7.80. The second-order valence-electron chi connectivity index (χ2n) is 4.62. The molecule has 80 valence electrons. The molecule has 0 spiro atoms. The van der Waals surface area contributed by atoms with Crippen molar-refractivity contribution in [1.29, 1.82) is 0 Å². The molecule has 0 bridgehead atoms. The minimum absolute atomic E-state index is 0.280. The van der Waals surface area contributed by atoms with Gasteiger partial charge in [0, 0.05) is 17.7 Å². The standard InChI is InChI=1S/C11H19NOS/c13-11(9-5-2-6-9)12-10(7-14)8-3-1-4-8/h8-10,14H,1-7H2,(H,12,13). The van der Waals surface area contributed by atoms with E-state index in [2.05, 4.69) is 17.9 Å². The third-order valence-electron chi connectivity index (χ3n) is 3.72. The molecule has 2 nitrogen and oxygen atoms in total. The van der Waals surface area contributed by atoms with Gasteiger partial charge in [-0.2, -0.15) is 12.6 Å². The summed E-state index contributed by atoms with van der Waals surface area (Å²) in [6.45, 7) is 0. The SMILES string of the molecule is O=C(NC(CS)C1CCC1)C1CCC1. The number of thiol groups is 1. The smallest absolute Gasteiger partial charge is 0.223 e. The van der Waals surface area contributed by atoms with Crippen LogP contribution in [-0.4, -0.2) is 17.7 Å². The molecule has 0 aromatic rings. The van der Waals surface area contributed by atoms with Gasteiger partial charge in [0.1, 0.15) is 0 Å². The molecule has 0 saturated heterocycles. The minimum Gasteiger partial charge on any atom is -0.352 e. The molecule has 0 aromatic heterocycles. The maximum absolute atomic E-state index is 11.7. The summed E-state index contributed by atoms with van der Waals surface area (Å²) in [7, 11) is 0. The quantitative estimate of drug-likeness (QED) is 0.687. The number of carbonyl (C=O) groups excluding carboxylic acids is 1. The lowest BCUT2D eigenvalue weighted by molar-refractivity contribution is -0.128. The monoisotopic (exact) mass is 213 g/mol. The number of hydrogen-bond acceptors (Lipinski definition) is 2. The fourth-order valence-corrected chi connectivity index (χ4v) is 2.52. The predicted octanol–water partition coefficient (Wildman–Crippen LogP) is 2.00. The molecule has 2 fully saturated rings. The second kappa shape index (κ2) is 4.56. The van der Waals surface area contributed by atoms with Crippen molar-refractivity contribution in [3.63, 3.8) is 0 Å². The van der Waals surface area contributed by atoms with Crippen LogP contribution in [0, 0.1) is 11.8 Å². The molecule has 0 aliphatic heterocycles. The van der Waals surface area contributed by atoms with Crippen molar-refractivity contribution in [3.05, 3.63) is 0 Å². The average molecular weight is 213 g/mol. The predicted molar refractivity (Wildman–Crippen MR) is 60.5 cm³/mol. The Morgan fingerprint density at radius 2 is 1.93 bits per heavy atom. The molecule has 0 aromatic carbocycles. The summed E-state index contributed by atoms with van der Waals surface area (Å²) >= 11 is 4.32. The molecule has 14 heavy (non-hydrogen) atoms. The molecule has 0 heterocycles. The van der Waals surface area contributed by atoms with Crippen molar-refractivity contribution < 1.29 is 4.79 Å². The Hall–Kier alpha value is -0.180. The molecule has 0 radical (unpaired) electrons.